The van der Waals surface area contributed by atoms with Crippen LogP contribution in [0.15, 0.2) is 12.1 Å². The lowest BCUT2D eigenvalue weighted by molar-refractivity contribution is 0.0661. The van der Waals surface area contributed by atoms with E-state index >= 15 is 0 Å². The lowest BCUT2D eigenvalue weighted by atomic mass is 10.1. The Morgan fingerprint density at radius 3 is 1.62 bits per heavy atom. The molecule has 0 saturated heterocycles. The van der Waals surface area contributed by atoms with Gasteiger partial charge in [-0.05, 0) is 12.1 Å². The van der Waals surface area contributed by atoms with E-state index in [1.54, 1.807) is 0 Å². The fourth-order valence-electron chi connectivity index (χ4n) is 1.47. The van der Waals surface area contributed by atoms with Crippen molar-refractivity contribution in [2.75, 3.05) is 13.2 Å². The molecular formula is C10H8O6. The quantitative estimate of drug-likeness (QED) is 0.773. The van der Waals surface area contributed by atoms with Gasteiger partial charge >= 0.3 is 11.9 Å². The second-order valence-corrected chi connectivity index (χ2v) is 3.13. The molecule has 6 nitrogen and oxygen atoms in total. The Bertz CT molecular complexity index is 422. The number of carbonyl (C=O) groups is 2. The summed E-state index contributed by atoms with van der Waals surface area (Å²) in [6, 6.07) is 2.39. The highest BCUT2D eigenvalue weighted by atomic mass is 16.6. The SMILES string of the molecule is O=C(O)c1ccc(C(=O)O)c2c1OCCO2. The third-order valence-electron chi connectivity index (χ3n) is 2.15. The number of hydrogen-bond acceptors (Lipinski definition) is 4. The number of carboxylic acids is 2. The number of fused-ring (bicyclic) bond motifs is 1. The van der Waals surface area contributed by atoms with Crippen LogP contribution in [0.2, 0.25) is 0 Å². The molecule has 16 heavy (non-hydrogen) atoms. The molecule has 0 radical (unpaired) electrons. The van der Waals surface area contributed by atoms with Crippen molar-refractivity contribution in [3.05, 3.63) is 23.3 Å². The molecule has 0 aliphatic carbocycles. The standard InChI is InChI=1S/C10H8O6/c11-9(12)5-1-2-6(10(13)14)8-7(5)15-3-4-16-8/h1-2H,3-4H2,(H,11,12)(H,13,14). The number of aromatic carboxylic acids is 2. The Hall–Kier alpha value is -2.24. The molecule has 1 aromatic carbocycles. The van der Waals surface area contributed by atoms with Gasteiger partial charge in [-0.15, -0.1) is 0 Å². The van der Waals surface area contributed by atoms with Gasteiger partial charge in [0, 0.05) is 0 Å². The van der Waals surface area contributed by atoms with Crippen LogP contribution in [0.5, 0.6) is 11.5 Å². The summed E-state index contributed by atoms with van der Waals surface area (Å²) in [6.07, 6.45) is 0. The Labute approximate surface area is 90.0 Å². The van der Waals surface area contributed by atoms with Gasteiger partial charge in [-0.3, -0.25) is 0 Å². The van der Waals surface area contributed by atoms with E-state index in [-0.39, 0.29) is 35.8 Å². The van der Waals surface area contributed by atoms with Gasteiger partial charge in [-0.1, -0.05) is 0 Å². The van der Waals surface area contributed by atoms with Gasteiger partial charge in [0.25, 0.3) is 0 Å². The molecule has 1 aliphatic rings. The molecule has 1 aromatic rings. The zero-order valence-corrected chi connectivity index (χ0v) is 8.10. The highest BCUT2D eigenvalue weighted by molar-refractivity contribution is 5.98. The third kappa shape index (κ3) is 1.54. The van der Waals surface area contributed by atoms with Crippen molar-refractivity contribution >= 4 is 11.9 Å². The van der Waals surface area contributed by atoms with Crippen LogP contribution in [-0.2, 0) is 0 Å². The molecule has 0 fully saturated rings. The molecule has 0 saturated carbocycles. The van der Waals surface area contributed by atoms with Crippen LogP contribution >= 0.6 is 0 Å². The predicted molar refractivity (Wildman–Crippen MR) is 51.4 cm³/mol. The summed E-state index contributed by atoms with van der Waals surface area (Å²) >= 11 is 0. The van der Waals surface area contributed by atoms with Crippen LogP contribution in [0.1, 0.15) is 20.7 Å². The van der Waals surface area contributed by atoms with E-state index in [0.717, 1.165) is 0 Å². The van der Waals surface area contributed by atoms with Gasteiger partial charge in [-0.2, -0.15) is 0 Å². The summed E-state index contributed by atoms with van der Waals surface area (Å²) in [6.45, 7) is 0.409. The molecule has 0 atom stereocenters. The van der Waals surface area contributed by atoms with E-state index in [0.29, 0.717) is 0 Å². The van der Waals surface area contributed by atoms with E-state index in [1.165, 1.54) is 12.1 Å². The van der Waals surface area contributed by atoms with Gasteiger partial charge < -0.3 is 19.7 Å². The minimum absolute atomic E-state index is 0.0151. The number of carboxylic acid groups (broad SMARTS) is 2. The molecule has 84 valence electrons. The fourth-order valence-corrected chi connectivity index (χ4v) is 1.47. The maximum Gasteiger partial charge on any atom is 0.339 e. The minimum atomic E-state index is -1.18. The maximum atomic E-state index is 10.9. The molecule has 1 heterocycles. The highest BCUT2D eigenvalue weighted by Gasteiger charge is 2.26. The van der Waals surface area contributed by atoms with Gasteiger partial charge in [0.2, 0.25) is 0 Å². The molecule has 0 bridgehead atoms. The van der Waals surface area contributed by atoms with Gasteiger partial charge in [0.05, 0.1) is 0 Å². The van der Waals surface area contributed by atoms with Crippen LogP contribution in [0.25, 0.3) is 0 Å². The van der Waals surface area contributed by atoms with Crippen molar-refractivity contribution in [2.45, 2.75) is 0 Å². The van der Waals surface area contributed by atoms with E-state index in [9.17, 15) is 9.59 Å². The molecule has 2 rings (SSSR count). The number of benzene rings is 1. The van der Waals surface area contributed by atoms with E-state index < -0.39 is 11.9 Å². The summed E-state index contributed by atoms with van der Waals surface area (Å²) in [5.74, 6) is -2.39. The molecule has 0 aromatic heterocycles. The molecular weight excluding hydrogens is 216 g/mol. The Morgan fingerprint density at radius 2 is 1.31 bits per heavy atom. The van der Waals surface area contributed by atoms with E-state index in [2.05, 4.69) is 0 Å². The number of rotatable bonds is 2. The van der Waals surface area contributed by atoms with Gasteiger partial charge in [0.1, 0.15) is 24.3 Å². The Morgan fingerprint density at radius 1 is 0.938 bits per heavy atom. The zero-order chi connectivity index (χ0) is 11.7. The van der Waals surface area contributed by atoms with Crippen LogP contribution in [0.3, 0.4) is 0 Å². The Kier molecular flexibility index (Phi) is 2.40. The average Bonchev–Trinajstić information content (AvgIpc) is 2.27. The predicted octanol–water partition coefficient (Wildman–Crippen LogP) is 0.854. The van der Waals surface area contributed by atoms with Crippen molar-refractivity contribution in [2.24, 2.45) is 0 Å². The average molecular weight is 224 g/mol. The number of ether oxygens (including phenoxy) is 2. The Balaban J connectivity index is 2.63. The van der Waals surface area contributed by atoms with Crippen molar-refractivity contribution in [3.8, 4) is 11.5 Å². The van der Waals surface area contributed by atoms with Crippen molar-refractivity contribution < 1.29 is 29.3 Å². The van der Waals surface area contributed by atoms with E-state index in [1.807, 2.05) is 0 Å². The summed E-state index contributed by atoms with van der Waals surface area (Å²) in [5.41, 5.74) is -0.195. The van der Waals surface area contributed by atoms with Gasteiger partial charge in [0.15, 0.2) is 11.5 Å². The van der Waals surface area contributed by atoms with Crippen LogP contribution < -0.4 is 9.47 Å². The van der Waals surface area contributed by atoms with Gasteiger partial charge in [-0.25, -0.2) is 9.59 Å². The second-order valence-electron chi connectivity index (χ2n) is 3.13. The summed E-state index contributed by atoms with van der Waals surface area (Å²) in [7, 11) is 0. The van der Waals surface area contributed by atoms with Crippen molar-refractivity contribution in [1.82, 2.24) is 0 Å². The first-order valence-electron chi connectivity index (χ1n) is 4.50. The van der Waals surface area contributed by atoms with Crippen LogP contribution in [0, 0.1) is 0 Å². The first-order valence-corrected chi connectivity index (χ1v) is 4.50. The summed E-state index contributed by atoms with van der Waals surface area (Å²) < 4.78 is 10.3. The van der Waals surface area contributed by atoms with E-state index in [4.69, 9.17) is 19.7 Å². The molecule has 0 amide bonds. The van der Waals surface area contributed by atoms with Crippen molar-refractivity contribution in [1.29, 1.82) is 0 Å². The first-order chi connectivity index (χ1) is 7.61. The third-order valence-corrected chi connectivity index (χ3v) is 2.15. The first kappa shape index (κ1) is 10.3. The number of hydrogen-bond donors (Lipinski definition) is 2. The molecule has 6 heteroatoms. The van der Waals surface area contributed by atoms with Crippen molar-refractivity contribution in [3.63, 3.8) is 0 Å². The molecule has 2 N–H and O–H groups in total. The lowest BCUT2D eigenvalue weighted by Gasteiger charge is -2.21. The van der Waals surface area contributed by atoms with Crippen LogP contribution in [-0.4, -0.2) is 35.4 Å². The highest BCUT2D eigenvalue weighted by Crippen LogP contribution is 2.37. The second kappa shape index (κ2) is 3.73. The lowest BCUT2D eigenvalue weighted by Crippen LogP contribution is -2.20. The topological polar surface area (TPSA) is 93.1 Å². The summed E-state index contributed by atoms with van der Waals surface area (Å²) in [4.78, 5) is 21.7. The largest absolute Gasteiger partial charge is 0.485 e. The fraction of sp³-hybridized carbons (Fsp3) is 0.200. The van der Waals surface area contributed by atoms with Crippen LogP contribution in [0.4, 0.5) is 0 Å². The minimum Gasteiger partial charge on any atom is -0.485 e. The summed E-state index contributed by atoms with van der Waals surface area (Å²) in [5, 5.41) is 17.8. The maximum absolute atomic E-state index is 10.9. The smallest absolute Gasteiger partial charge is 0.339 e. The molecule has 1 aliphatic heterocycles. The zero-order valence-electron chi connectivity index (χ0n) is 8.10. The monoisotopic (exact) mass is 224 g/mol. The molecule has 0 unspecified atom stereocenters. The normalized spacial score (nSPS) is 13.2. The molecule has 0 spiro atoms.